The fraction of sp³-hybridized carbons (Fsp3) is 0.182. The maximum absolute atomic E-state index is 11.3. The highest BCUT2D eigenvalue weighted by atomic mass is 32.2. The Kier molecular flexibility index (Phi) is 3.21. The van der Waals surface area contributed by atoms with Gasteiger partial charge < -0.3 is 0 Å². The number of benzene rings is 1. The fourth-order valence-corrected chi connectivity index (χ4v) is 2.11. The Balaban J connectivity index is 2.54. The van der Waals surface area contributed by atoms with Crippen LogP contribution in [-0.4, -0.2) is 33.7 Å². The molecule has 1 heterocycles. The molecule has 8 heteroatoms. The molecule has 0 spiro atoms. The van der Waals surface area contributed by atoms with Crippen LogP contribution in [0.1, 0.15) is 23.1 Å². The lowest BCUT2D eigenvalue weighted by Crippen LogP contribution is -2.03. The van der Waals surface area contributed by atoms with Crippen molar-refractivity contribution in [3.63, 3.8) is 0 Å². The molecule has 0 saturated carbocycles. The Hall–Kier alpha value is -2.06. The van der Waals surface area contributed by atoms with E-state index in [4.69, 9.17) is 4.55 Å². The highest BCUT2D eigenvalue weighted by molar-refractivity contribution is 7.85. The number of aryl methyl sites for hydroxylation is 1. The molecule has 0 aliphatic carbocycles. The van der Waals surface area contributed by atoms with Crippen LogP contribution in [0.15, 0.2) is 29.2 Å². The molecule has 0 fully saturated rings. The van der Waals surface area contributed by atoms with Gasteiger partial charge in [0.1, 0.15) is 0 Å². The molecular weight excluding hydrogens is 270 g/mol. The van der Waals surface area contributed by atoms with Crippen molar-refractivity contribution in [2.45, 2.75) is 18.7 Å². The Morgan fingerprint density at radius 2 is 2.00 bits per heavy atom. The second kappa shape index (κ2) is 4.56. The van der Waals surface area contributed by atoms with Crippen molar-refractivity contribution in [3.05, 3.63) is 35.7 Å². The largest absolute Gasteiger partial charge is 0.294 e. The molecule has 2 aromatic rings. The van der Waals surface area contributed by atoms with E-state index in [2.05, 4.69) is 10.2 Å². The topological polar surface area (TPSA) is 102 Å². The minimum Gasteiger partial charge on any atom is -0.293 e. The van der Waals surface area contributed by atoms with Gasteiger partial charge in [0.25, 0.3) is 10.1 Å². The third-order valence-electron chi connectivity index (χ3n) is 2.46. The molecule has 2 rings (SSSR count). The Bertz CT molecular complexity index is 749. The van der Waals surface area contributed by atoms with E-state index in [9.17, 15) is 13.2 Å². The van der Waals surface area contributed by atoms with Crippen LogP contribution in [0.25, 0.3) is 5.69 Å². The highest BCUT2D eigenvalue weighted by Gasteiger charge is 2.14. The highest BCUT2D eigenvalue weighted by Crippen LogP contribution is 2.14. The summed E-state index contributed by atoms with van der Waals surface area (Å²) >= 11 is 0. The maximum Gasteiger partial charge on any atom is 0.294 e. The number of nitrogens with zero attached hydrogens (tertiary/aromatic N) is 3. The van der Waals surface area contributed by atoms with Crippen molar-refractivity contribution in [2.24, 2.45) is 0 Å². The first-order valence-corrected chi connectivity index (χ1v) is 6.76. The molecule has 0 unspecified atom stereocenters. The van der Waals surface area contributed by atoms with Gasteiger partial charge >= 0.3 is 0 Å². The zero-order valence-electron chi connectivity index (χ0n) is 10.2. The van der Waals surface area contributed by atoms with Crippen LogP contribution in [0.4, 0.5) is 0 Å². The predicted molar refractivity (Wildman–Crippen MR) is 65.9 cm³/mol. The van der Waals surface area contributed by atoms with E-state index < -0.39 is 10.1 Å². The Morgan fingerprint density at radius 1 is 1.32 bits per heavy atom. The third kappa shape index (κ3) is 2.69. The van der Waals surface area contributed by atoms with Gasteiger partial charge in [-0.2, -0.15) is 18.3 Å². The summed E-state index contributed by atoms with van der Waals surface area (Å²) in [7, 11) is -4.29. The van der Waals surface area contributed by atoms with Gasteiger partial charge in [0.15, 0.2) is 11.5 Å². The first kappa shape index (κ1) is 13.4. The lowest BCUT2D eigenvalue weighted by molar-refractivity contribution is 0.101. The van der Waals surface area contributed by atoms with Crippen LogP contribution >= 0.6 is 0 Å². The van der Waals surface area contributed by atoms with Crippen LogP contribution in [0.3, 0.4) is 0 Å². The molecule has 7 nitrogen and oxygen atoms in total. The summed E-state index contributed by atoms with van der Waals surface area (Å²) in [6.45, 7) is 3.00. The number of carbonyl (C=O) groups is 1. The van der Waals surface area contributed by atoms with Crippen molar-refractivity contribution in [3.8, 4) is 5.69 Å². The number of hydrogen-bond donors (Lipinski definition) is 1. The maximum atomic E-state index is 11.3. The molecule has 0 amide bonds. The van der Waals surface area contributed by atoms with Gasteiger partial charge in [-0.25, -0.2) is 0 Å². The summed E-state index contributed by atoms with van der Waals surface area (Å²) in [6, 6.07) is 5.49. The molecule has 0 aliphatic rings. The van der Waals surface area contributed by atoms with E-state index >= 15 is 0 Å². The van der Waals surface area contributed by atoms with Crippen LogP contribution in [0.5, 0.6) is 0 Å². The summed E-state index contributed by atoms with van der Waals surface area (Å²) in [5.74, 6) is -0.227. The van der Waals surface area contributed by atoms with Crippen molar-refractivity contribution >= 4 is 15.9 Å². The van der Waals surface area contributed by atoms with Gasteiger partial charge in [-0.3, -0.25) is 9.35 Å². The monoisotopic (exact) mass is 281 g/mol. The zero-order chi connectivity index (χ0) is 14.2. The SMILES string of the molecule is CC(=O)c1nn(-c2cccc(S(=O)(=O)O)c2)nc1C. The van der Waals surface area contributed by atoms with E-state index in [0.29, 0.717) is 11.4 Å². The second-order valence-corrected chi connectivity index (χ2v) is 5.37. The first-order valence-electron chi connectivity index (χ1n) is 5.32. The number of hydrogen-bond acceptors (Lipinski definition) is 5. The molecule has 1 aromatic heterocycles. The van der Waals surface area contributed by atoms with Crippen molar-refractivity contribution in [2.75, 3.05) is 0 Å². The van der Waals surface area contributed by atoms with Crippen LogP contribution < -0.4 is 0 Å². The molecule has 0 atom stereocenters. The quantitative estimate of drug-likeness (QED) is 0.665. The number of aromatic nitrogens is 3. The molecule has 0 radical (unpaired) electrons. The summed E-state index contributed by atoms with van der Waals surface area (Å²) < 4.78 is 31.1. The van der Waals surface area contributed by atoms with Crippen molar-refractivity contribution in [1.82, 2.24) is 15.0 Å². The zero-order valence-corrected chi connectivity index (χ0v) is 11.0. The van der Waals surface area contributed by atoms with E-state index in [-0.39, 0.29) is 16.4 Å². The van der Waals surface area contributed by atoms with E-state index in [0.717, 1.165) is 4.80 Å². The van der Waals surface area contributed by atoms with Gasteiger partial charge in [0, 0.05) is 6.92 Å². The van der Waals surface area contributed by atoms with Crippen LogP contribution in [-0.2, 0) is 10.1 Å². The molecule has 0 saturated heterocycles. The molecule has 0 bridgehead atoms. The lowest BCUT2D eigenvalue weighted by Gasteiger charge is -2.01. The normalized spacial score (nSPS) is 11.5. The third-order valence-corrected chi connectivity index (χ3v) is 3.31. The molecule has 19 heavy (non-hydrogen) atoms. The summed E-state index contributed by atoms with van der Waals surface area (Å²) in [4.78, 5) is 12.2. The van der Waals surface area contributed by atoms with Gasteiger partial charge in [-0.05, 0) is 25.1 Å². The minimum atomic E-state index is -4.29. The van der Waals surface area contributed by atoms with E-state index in [1.807, 2.05) is 0 Å². The number of carbonyl (C=O) groups excluding carboxylic acids is 1. The average molecular weight is 281 g/mol. The molecular formula is C11H11N3O4S. The smallest absolute Gasteiger partial charge is 0.293 e. The minimum absolute atomic E-state index is 0.220. The van der Waals surface area contributed by atoms with Gasteiger partial charge in [0.2, 0.25) is 0 Å². The molecule has 1 N–H and O–H groups in total. The van der Waals surface area contributed by atoms with Crippen molar-refractivity contribution < 1.29 is 17.8 Å². The van der Waals surface area contributed by atoms with Crippen LogP contribution in [0.2, 0.25) is 0 Å². The van der Waals surface area contributed by atoms with Gasteiger partial charge in [-0.1, -0.05) is 6.07 Å². The lowest BCUT2D eigenvalue weighted by atomic mass is 10.3. The fourth-order valence-electron chi connectivity index (χ4n) is 1.59. The predicted octanol–water partition coefficient (Wildman–Crippen LogP) is 1.03. The van der Waals surface area contributed by atoms with Crippen molar-refractivity contribution in [1.29, 1.82) is 0 Å². The number of ketones is 1. The van der Waals surface area contributed by atoms with Gasteiger partial charge in [-0.15, -0.1) is 5.10 Å². The molecule has 1 aromatic carbocycles. The second-order valence-electron chi connectivity index (χ2n) is 3.95. The number of rotatable bonds is 3. The first-order chi connectivity index (χ1) is 8.79. The number of Topliss-reactive ketones (excluding diaryl/α,β-unsaturated/α-hetero) is 1. The van der Waals surface area contributed by atoms with Gasteiger partial charge in [0.05, 0.1) is 16.3 Å². The average Bonchev–Trinajstić information content (AvgIpc) is 2.70. The Labute approximate surface area is 109 Å². The van der Waals surface area contributed by atoms with E-state index in [1.54, 1.807) is 13.0 Å². The summed E-state index contributed by atoms with van der Waals surface area (Å²) in [5, 5.41) is 8.02. The summed E-state index contributed by atoms with van der Waals surface area (Å²) in [6.07, 6.45) is 0. The molecule has 100 valence electrons. The standard InChI is InChI=1S/C11H11N3O4S/c1-7-11(8(2)15)13-14(12-7)9-4-3-5-10(6-9)19(16,17)18/h3-6H,1-2H3,(H,16,17,18). The molecule has 0 aliphatic heterocycles. The van der Waals surface area contributed by atoms with E-state index in [1.165, 1.54) is 25.1 Å². The summed E-state index contributed by atoms with van der Waals surface area (Å²) in [5.41, 5.74) is 1.01. The Morgan fingerprint density at radius 3 is 2.53 bits per heavy atom. The van der Waals surface area contributed by atoms with Crippen LogP contribution in [0, 0.1) is 6.92 Å².